The number of aromatic nitrogens is 2. The number of benzene rings is 6. The summed E-state index contributed by atoms with van der Waals surface area (Å²) in [6, 6.07) is 62.4. The van der Waals surface area contributed by atoms with E-state index < -0.39 is 8.07 Å². The summed E-state index contributed by atoms with van der Waals surface area (Å²) < 4.78 is 2.38. The van der Waals surface area contributed by atoms with Crippen LogP contribution >= 0.6 is 0 Å². The lowest BCUT2D eigenvalue weighted by Gasteiger charge is -2.34. The molecule has 0 fully saturated rings. The van der Waals surface area contributed by atoms with Crippen LogP contribution in [-0.2, 0) is 0 Å². The van der Waals surface area contributed by atoms with Crippen molar-refractivity contribution in [2.45, 2.75) is 0 Å². The van der Waals surface area contributed by atoms with E-state index in [1.54, 1.807) is 0 Å². The molecule has 0 bridgehead atoms. The molecule has 3 heteroatoms. The first-order valence-corrected chi connectivity index (χ1v) is 16.8. The van der Waals surface area contributed by atoms with Gasteiger partial charge in [0.15, 0.2) is 8.07 Å². The third-order valence-electron chi connectivity index (χ3n) is 8.76. The third-order valence-corrected chi connectivity index (χ3v) is 13.5. The number of para-hydroxylation sites is 1. The second-order valence-corrected chi connectivity index (χ2v) is 14.9. The fourth-order valence-corrected chi connectivity index (χ4v) is 11.6. The number of fused-ring (bicyclic) bond motifs is 3. The maximum absolute atomic E-state index is 3.53. The highest BCUT2D eigenvalue weighted by Crippen LogP contribution is 2.31. The summed E-state index contributed by atoms with van der Waals surface area (Å²) in [6.07, 6.45) is 2.04. The second-order valence-electron chi connectivity index (χ2n) is 11.1. The molecule has 43 heavy (non-hydrogen) atoms. The summed E-state index contributed by atoms with van der Waals surface area (Å²) in [5.41, 5.74) is 5.96. The first-order valence-electron chi connectivity index (χ1n) is 14.8. The van der Waals surface area contributed by atoms with E-state index in [1.807, 2.05) is 6.20 Å². The van der Waals surface area contributed by atoms with Crippen molar-refractivity contribution in [1.29, 1.82) is 0 Å². The van der Waals surface area contributed by atoms with Gasteiger partial charge in [0.05, 0.1) is 5.52 Å². The molecule has 0 saturated carbocycles. The Morgan fingerprint density at radius 2 is 0.930 bits per heavy atom. The number of nitrogens with zero attached hydrogens (tertiary/aromatic N) is 1. The van der Waals surface area contributed by atoms with Crippen LogP contribution in [-0.4, -0.2) is 17.6 Å². The Hall–Kier alpha value is -5.38. The Balaban J connectivity index is 1.45. The number of H-pyrrole nitrogens is 1. The van der Waals surface area contributed by atoms with Gasteiger partial charge in [-0.25, -0.2) is 0 Å². The molecular formula is C40H30N2Si. The van der Waals surface area contributed by atoms with Crippen LogP contribution in [0.4, 0.5) is 0 Å². The zero-order valence-corrected chi connectivity index (χ0v) is 24.7. The number of rotatable bonds is 6. The molecule has 8 aromatic rings. The predicted octanol–water partition coefficient (Wildman–Crippen LogP) is 7.16. The van der Waals surface area contributed by atoms with E-state index in [1.165, 1.54) is 48.2 Å². The topological polar surface area (TPSA) is 20.7 Å². The van der Waals surface area contributed by atoms with Crippen LogP contribution in [0, 0.1) is 0 Å². The van der Waals surface area contributed by atoms with Crippen LogP contribution < -0.4 is 20.7 Å². The molecule has 0 aliphatic heterocycles. The maximum atomic E-state index is 3.53. The van der Waals surface area contributed by atoms with Gasteiger partial charge in [0, 0.05) is 22.7 Å². The van der Waals surface area contributed by atoms with Gasteiger partial charge >= 0.3 is 0 Å². The van der Waals surface area contributed by atoms with Crippen LogP contribution in [0.25, 0.3) is 38.8 Å². The fourth-order valence-electron chi connectivity index (χ4n) is 6.83. The highest BCUT2D eigenvalue weighted by Gasteiger charge is 2.41. The van der Waals surface area contributed by atoms with Gasteiger partial charge in [-0.2, -0.15) is 0 Å². The van der Waals surface area contributed by atoms with E-state index in [4.69, 9.17) is 0 Å². The molecule has 2 nitrogen and oxygen atoms in total. The number of hydrogen-bond acceptors (Lipinski definition) is 0. The van der Waals surface area contributed by atoms with Gasteiger partial charge < -0.3 is 4.98 Å². The summed E-state index contributed by atoms with van der Waals surface area (Å²) in [4.78, 5) is 3.53. The lowest BCUT2D eigenvalue weighted by atomic mass is 10.1. The monoisotopic (exact) mass is 566 g/mol. The zero-order chi connectivity index (χ0) is 28.6. The van der Waals surface area contributed by atoms with Gasteiger partial charge in [0.25, 0.3) is 0 Å². The predicted molar refractivity (Wildman–Crippen MR) is 184 cm³/mol. The van der Waals surface area contributed by atoms with E-state index >= 15 is 0 Å². The Morgan fingerprint density at radius 1 is 0.419 bits per heavy atom. The van der Waals surface area contributed by atoms with Gasteiger partial charge in [0.2, 0.25) is 0 Å². The van der Waals surface area contributed by atoms with Crippen molar-refractivity contribution in [2.75, 3.05) is 0 Å². The standard InChI is InChI=1S/C40H30N2Si/c1-5-13-30(14-6-1)31-21-23-35(24-22-31)43(33-17-9-3-10-18-33,34-19-11-4-12-20-34)36-25-26-37-38-27-28-41-40(38)42(39(37)29-36)32-15-7-2-8-16-32/h1-29,41H. The summed E-state index contributed by atoms with van der Waals surface area (Å²) >= 11 is 0. The number of hydrogen-bond donors (Lipinski definition) is 1. The lowest BCUT2D eigenvalue weighted by molar-refractivity contribution is 1.14. The molecule has 2 heterocycles. The molecule has 8 rings (SSSR count). The molecule has 2 aromatic heterocycles. The summed E-state index contributed by atoms with van der Waals surface area (Å²) in [6.45, 7) is 0. The van der Waals surface area contributed by atoms with E-state index in [0.29, 0.717) is 0 Å². The second kappa shape index (κ2) is 10.5. The normalized spacial score (nSPS) is 11.7. The Morgan fingerprint density at radius 3 is 1.56 bits per heavy atom. The van der Waals surface area contributed by atoms with Crippen molar-refractivity contribution in [1.82, 2.24) is 9.55 Å². The van der Waals surface area contributed by atoms with Gasteiger partial charge in [-0.3, -0.25) is 4.57 Å². The number of aromatic amines is 1. The van der Waals surface area contributed by atoms with Crippen molar-refractivity contribution in [3.8, 4) is 16.8 Å². The Kier molecular flexibility index (Phi) is 6.17. The minimum atomic E-state index is -2.72. The van der Waals surface area contributed by atoms with Gasteiger partial charge in [-0.05, 0) is 56.1 Å². The SMILES string of the molecule is c1ccc(-c2ccc([Si](c3ccccc3)(c3ccccc3)c3ccc4c5cc[nH]c5n(-c5ccccc5)c4c3)cc2)cc1. The van der Waals surface area contributed by atoms with E-state index in [9.17, 15) is 0 Å². The van der Waals surface area contributed by atoms with Crippen LogP contribution in [0.3, 0.4) is 0 Å². The highest BCUT2D eigenvalue weighted by atomic mass is 28.3. The molecule has 6 aromatic carbocycles. The average molecular weight is 567 g/mol. The van der Waals surface area contributed by atoms with Crippen LogP contribution in [0.2, 0.25) is 0 Å². The molecule has 204 valence electrons. The largest absolute Gasteiger partial charge is 0.347 e. The Labute approximate surface area is 252 Å². The van der Waals surface area contributed by atoms with Gasteiger partial charge in [-0.1, -0.05) is 146 Å². The average Bonchev–Trinajstić information content (AvgIpc) is 3.68. The first kappa shape index (κ1) is 25.3. The molecule has 0 amide bonds. The summed E-state index contributed by atoms with van der Waals surface area (Å²) in [5.74, 6) is 0. The number of nitrogens with one attached hydrogen (secondary N) is 1. The molecule has 1 N–H and O–H groups in total. The van der Waals surface area contributed by atoms with Crippen LogP contribution in [0.5, 0.6) is 0 Å². The quantitative estimate of drug-likeness (QED) is 0.163. The fraction of sp³-hybridized carbons (Fsp3) is 0. The van der Waals surface area contributed by atoms with Crippen LogP contribution in [0.1, 0.15) is 0 Å². The minimum Gasteiger partial charge on any atom is -0.347 e. The lowest BCUT2D eigenvalue weighted by Crippen LogP contribution is -2.74. The molecule has 0 aliphatic rings. The zero-order valence-electron chi connectivity index (χ0n) is 23.7. The van der Waals surface area contributed by atoms with Crippen molar-refractivity contribution in [3.05, 3.63) is 176 Å². The molecule has 0 atom stereocenters. The van der Waals surface area contributed by atoms with Gasteiger partial charge in [-0.15, -0.1) is 0 Å². The van der Waals surface area contributed by atoms with E-state index in [0.717, 1.165) is 11.3 Å². The molecule has 0 saturated heterocycles. The van der Waals surface area contributed by atoms with Gasteiger partial charge in [0.1, 0.15) is 5.65 Å². The summed E-state index contributed by atoms with van der Waals surface area (Å²) in [7, 11) is -2.72. The molecule has 0 radical (unpaired) electrons. The highest BCUT2D eigenvalue weighted by molar-refractivity contribution is 7.20. The summed E-state index contributed by atoms with van der Waals surface area (Å²) in [5, 5.41) is 7.97. The van der Waals surface area contributed by atoms with Crippen molar-refractivity contribution in [3.63, 3.8) is 0 Å². The van der Waals surface area contributed by atoms with Crippen molar-refractivity contribution >= 4 is 50.8 Å². The van der Waals surface area contributed by atoms with E-state index in [-0.39, 0.29) is 0 Å². The maximum Gasteiger partial charge on any atom is 0.179 e. The molecule has 0 aliphatic carbocycles. The smallest absolute Gasteiger partial charge is 0.179 e. The molecular weight excluding hydrogens is 537 g/mol. The first-order chi connectivity index (χ1) is 21.3. The van der Waals surface area contributed by atoms with Crippen molar-refractivity contribution in [2.24, 2.45) is 0 Å². The Bertz CT molecular complexity index is 2110. The van der Waals surface area contributed by atoms with E-state index in [2.05, 4.69) is 179 Å². The molecule has 0 unspecified atom stereocenters. The molecule has 0 spiro atoms. The van der Waals surface area contributed by atoms with Crippen LogP contribution in [0.15, 0.2) is 176 Å². The van der Waals surface area contributed by atoms with Crippen molar-refractivity contribution < 1.29 is 0 Å². The minimum absolute atomic E-state index is 1.12. The third kappa shape index (κ3) is 4.09.